The Bertz CT molecular complexity index is 470. The van der Waals surface area contributed by atoms with Crippen LogP contribution in [0, 0.1) is 5.41 Å². The van der Waals surface area contributed by atoms with Gasteiger partial charge in [-0.25, -0.2) is 9.78 Å². The molecule has 0 spiro atoms. The van der Waals surface area contributed by atoms with Gasteiger partial charge in [0.15, 0.2) is 0 Å². The van der Waals surface area contributed by atoms with Crippen molar-refractivity contribution in [3.63, 3.8) is 0 Å². The molecule has 0 unspecified atom stereocenters. The first-order chi connectivity index (χ1) is 10.1. The molecule has 1 fully saturated rings. The van der Waals surface area contributed by atoms with Crippen LogP contribution in [-0.4, -0.2) is 58.6 Å². The molecule has 0 saturated carbocycles. The zero-order valence-corrected chi connectivity index (χ0v) is 11.6. The van der Waals surface area contributed by atoms with E-state index in [-0.39, 0.29) is 12.6 Å². The number of rotatable bonds is 6. The summed E-state index contributed by atoms with van der Waals surface area (Å²) >= 11 is 0. The first-order valence-corrected chi connectivity index (χ1v) is 6.79. The molecule has 0 radical (unpaired) electrons. The number of carboxylic acids is 1. The molecule has 1 aliphatic heterocycles. The highest BCUT2D eigenvalue weighted by Gasteiger charge is 2.40. The number of H-pyrrole nitrogens is 1. The third-order valence-electron chi connectivity index (χ3n) is 3.60. The van der Waals surface area contributed by atoms with Crippen molar-refractivity contribution in [2.45, 2.75) is 19.3 Å². The van der Waals surface area contributed by atoms with Crippen LogP contribution in [0.25, 0.3) is 0 Å². The number of aromatic amines is 1. The predicted octanol–water partition coefficient (Wildman–Crippen LogP) is -0.472. The van der Waals surface area contributed by atoms with Crippen molar-refractivity contribution in [2.24, 2.45) is 5.41 Å². The zero-order valence-electron chi connectivity index (χ0n) is 11.6. The van der Waals surface area contributed by atoms with Gasteiger partial charge in [-0.3, -0.25) is 9.89 Å². The first kappa shape index (κ1) is 15.2. The minimum absolute atomic E-state index is 0.0971. The van der Waals surface area contributed by atoms with Gasteiger partial charge in [0, 0.05) is 32.7 Å². The van der Waals surface area contributed by atoms with Gasteiger partial charge in [-0.05, 0) is 12.8 Å². The molecular formula is C12H19N5O4. The topological polar surface area (TPSA) is 129 Å². The number of nitrogens with one attached hydrogen (secondary N) is 3. The van der Waals surface area contributed by atoms with Crippen molar-refractivity contribution in [1.82, 2.24) is 25.8 Å². The summed E-state index contributed by atoms with van der Waals surface area (Å²) in [5.41, 5.74) is -0.930. The van der Waals surface area contributed by atoms with Crippen LogP contribution in [0.3, 0.4) is 0 Å². The third kappa shape index (κ3) is 4.15. The second kappa shape index (κ2) is 7.02. The monoisotopic (exact) mass is 297 g/mol. The lowest BCUT2D eigenvalue weighted by atomic mass is 9.80. The molecule has 2 amide bonds. The fourth-order valence-electron chi connectivity index (χ4n) is 2.19. The van der Waals surface area contributed by atoms with Crippen molar-refractivity contribution in [1.29, 1.82) is 0 Å². The minimum Gasteiger partial charge on any atom is -0.481 e. The van der Waals surface area contributed by atoms with E-state index < -0.39 is 11.4 Å². The van der Waals surface area contributed by atoms with E-state index in [1.807, 2.05) is 0 Å². The molecule has 2 rings (SSSR count). The van der Waals surface area contributed by atoms with E-state index >= 15 is 0 Å². The molecule has 0 atom stereocenters. The normalized spacial score (nSPS) is 17.1. The maximum absolute atomic E-state index is 11.7. The third-order valence-corrected chi connectivity index (χ3v) is 3.60. The average molecular weight is 297 g/mol. The van der Waals surface area contributed by atoms with E-state index in [1.165, 1.54) is 6.33 Å². The molecule has 9 heteroatoms. The summed E-state index contributed by atoms with van der Waals surface area (Å²) < 4.78 is 5.18. The number of hydrogen-bond acceptors (Lipinski definition) is 5. The van der Waals surface area contributed by atoms with Gasteiger partial charge in [0.25, 0.3) is 0 Å². The van der Waals surface area contributed by atoms with Crippen LogP contribution in [0.2, 0.25) is 0 Å². The second-order valence-electron chi connectivity index (χ2n) is 4.99. The number of ether oxygens (including phenoxy) is 1. The number of aromatic nitrogens is 3. The smallest absolute Gasteiger partial charge is 0.314 e. The van der Waals surface area contributed by atoms with E-state index in [9.17, 15) is 14.7 Å². The molecule has 2 heterocycles. The summed E-state index contributed by atoms with van der Waals surface area (Å²) in [6.07, 6.45) is 2.74. The van der Waals surface area contributed by atoms with Crippen molar-refractivity contribution >= 4 is 12.0 Å². The molecule has 1 saturated heterocycles. The standard InChI is InChI=1S/C12H19N5O4/c18-10(19)12(2-5-21-6-3-12)7-14-11(20)13-4-1-9-15-8-16-17-9/h8H,1-7H2,(H,18,19)(H2,13,14,20)(H,15,16,17). The molecule has 0 aromatic carbocycles. The highest BCUT2D eigenvalue weighted by Crippen LogP contribution is 2.29. The number of nitrogens with zero attached hydrogens (tertiary/aromatic N) is 2. The van der Waals surface area contributed by atoms with Gasteiger partial charge in [-0.15, -0.1) is 0 Å². The van der Waals surface area contributed by atoms with Gasteiger partial charge < -0.3 is 20.5 Å². The fraction of sp³-hybridized carbons (Fsp3) is 0.667. The van der Waals surface area contributed by atoms with Gasteiger partial charge >= 0.3 is 12.0 Å². The van der Waals surface area contributed by atoms with Gasteiger partial charge in [0.2, 0.25) is 0 Å². The lowest BCUT2D eigenvalue weighted by Gasteiger charge is -2.33. The van der Waals surface area contributed by atoms with Gasteiger partial charge in [-0.2, -0.15) is 5.10 Å². The molecule has 1 aromatic rings. The quantitative estimate of drug-likeness (QED) is 0.561. The highest BCUT2D eigenvalue weighted by atomic mass is 16.5. The molecule has 4 N–H and O–H groups in total. The zero-order chi connectivity index (χ0) is 15.1. The van der Waals surface area contributed by atoms with Crippen LogP contribution in [0.4, 0.5) is 4.79 Å². The van der Waals surface area contributed by atoms with E-state index in [0.717, 1.165) is 0 Å². The summed E-state index contributed by atoms with van der Waals surface area (Å²) in [4.78, 5) is 27.0. The first-order valence-electron chi connectivity index (χ1n) is 6.79. The van der Waals surface area contributed by atoms with Crippen LogP contribution in [0.15, 0.2) is 6.33 Å². The van der Waals surface area contributed by atoms with Gasteiger partial charge in [-0.1, -0.05) is 0 Å². The van der Waals surface area contributed by atoms with Crippen molar-refractivity contribution in [3.05, 3.63) is 12.2 Å². The number of urea groups is 1. The second-order valence-corrected chi connectivity index (χ2v) is 4.99. The number of aliphatic carboxylic acids is 1. The number of carbonyl (C=O) groups excluding carboxylic acids is 1. The predicted molar refractivity (Wildman–Crippen MR) is 71.6 cm³/mol. The number of carbonyl (C=O) groups is 2. The van der Waals surface area contributed by atoms with Crippen LogP contribution in [0.5, 0.6) is 0 Å². The maximum atomic E-state index is 11.7. The summed E-state index contributed by atoms with van der Waals surface area (Å²) in [6.45, 7) is 1.30. The Kier molecular flexibility index (Phi) is 5.09. The van der Waals surface area contributed by atoms with E-state index in [2.05, 4.69) is 25.8 Å². The minimum atomic E-state index is -0.930. The van der Waals surface area contributed by atoms with Crippen molar-refractivity contribution in [2.75, 3.05) is 26.3 Å². The summed E-state index contributed by atoms with van der Waals surface area (Å²) in [6, 6.07) is -0.387. The molecular weight excluding hydrogens is 278 g/mol. The Balaban J connectivity index is 1.72. The van der Waals surface area contributed by atoms with E-state index in [0.29, 0.717) is 44.8 Å². The molecule has 116 valence electrons. The maximum Gasteiger partial charge on any atom is 0.314 e. The van der Waals surface area contributed by atoms with Gasteiger partial charge in [0.1, 0.15) is 12.2 Å². The molecule has 1 aliphatic rings. The molecule has 9 nitrogen and oxygen atoms in total. The molecule has 1 aromatic heterocycles. The highest BCUT2D eigenvalue weighted by molar-refractivity contribution is 5.78. The van der Waals surface area contributed by atoms with Crippen LogP contribution in [-0.2, 0) is 16.0 Å². The van der Waals surface area contributed by atoms with E-state index in [1.54, 1.807) is 0 Å². The largest absolute Gasteiger partial charge is 0.481 e. The molecule has 0 aliphatic carbocycles. The summed E-state index contributed by atoms with van der Waals surface area (Å²) in [5, 5.41) is 21.0. The Labute approximate surface area is 121 Å². The lowest BCUT2D eigenvalue weighted by Crippen LogP contribution is -2.49. The van der Waals surface area contributed by atoms with E-state index in [4.69, 9.17) is 4.74 Å². The Hall–Kier alpha value is -2.16. The fourth-order valence-corrected chi connectivity index (χ4v) is 2.19. The van der Waals surface area contributed by atoms with Crippen LogP contribution < -0.4 is 10.6 Å². The Morgan fingerprint density at radius 3 is 2.76 bits per heavy atom. The molecule has 0 bridgehead atoms. The number of hydrogen-bond donors (Lipinski definition) is 4. The Morgan fingerprint density at radius 2 is 2.14 bits per heavy atom. The summed E-state index contributed by atoms with van der Waals surface area (Å²) in [7, 11) is 0. The Morgan fingerprint density at radius 1 is 1.38 bits per heavy atom. The van der Waals surface area contributed by atoms with Crippen molar-refractivity contribution < 1.29 is 19.4 Å². The lowest BCUT2D eigenvalue weighted by molar-refractivity contribution is -0.154. The molecule has 21 heavy (non-hydrogen) atoms. The SMILES string of the molecule is O=C(NCCc1ncn[nH]1)NCC1(C(=O)O)CCOCC1. The number of carboxylic acid groups (broad SMARTS) is 1. The van der Waals surface area contributed by atoms with Crippen molar-refractivity contribution in [3.8, 4) is 0 Å². The summed E-state index contributed by atoms with van der Waals surface area (Å²) in [5.74, 6) is -0.213. The van der Waals surface area contributed by atoms with Crippen LogP contribution >= 0.6 is 0 Å². The number of amides is 2. The van der Waals surface area contributed by atoms with Gasteiger partial charge in [0.05, 0.1) is 5.41 Å². The average Bonchev–Trinajstić information content (AvgIpc) is 2.99. The van der Waals surface area contributed by atoms with Crippen LogP contribution in [0.1, 0.15) is 18.7 Å².